The second-order valence-electron chi connectivity index (χ2n) is 6.93. The van der Waals surface area contributed by atoms with Crippen molar-refractivity contribution in [1.82, 2.24) is 24.9 Å². The number of aromatic nitrogens is 4. The molecule has 3 aromatic heterocycles. The van der Waals surface area contributed by atoms with Gasteiger partial charge in [-0.3, -0.25) is 14.6 Å². The fourth-order valence-corrected chi connectivity index (χ4v) is 2.81. The van der Waals surface area contributed by atoms with Gasteiger partial charge in [0.25, 0.3) is 5.91 Å². The molecule has 0 bridgehead atoms. The van der Waals surface area contributed by atoms with Gasteiger partial charge >= 0.3 is 0 Å². The highest BCUT2D eigenvalue weighted by atomic mass is 16.3. The van der Waals surface area contributed by atoms with E-state index in [9.17, 15) is 4.79 Å². The summed E-state index contributed by atoms with van der Waals surface area (Å²) in [4.78, 5) is 15.0. The first-order valence-corrected chi connectivity index (χ1v) is 8.76. The summed E-state index contributed by atoms with van der Waals surface area (Å²) in [7, 11) is 1.88. The molecule has 26 heavy (non-hydrogen) atoms. The lowest BCUT2D eigenvalue weighted by Gasteiger charge is -2.30. The molecule has 0 saturated carbocycles. The van der Waals surface area contributed by atoms with Crippen molar-refractivity contribution in [2.24, 2.45) is 13.0 Å². The molecule has 7 nitrogen and oxygen atoms in total. The van der Waals surface area contributed by atoms with Crippen LogP contribution in [-0.4, -0.2) is 36.8 Å². The number of rotatable bonds is 6. The van der Waals surface area contributed by atoms with Crippen LogP contribution in [0.4, 0.5) is 0 Å². The van der Waals surface area contributed by atoms with Crippen molar-refractivity contribution in [2.45, 2.75) is 40.3 Å². The summed E-state index contributed by atoms with van der Waals surface area (Å²) in [5, 5.41) is 11.4. The molecule has 1 N–H and O–H groups in total. The van der Waals surface area contributed by atoms with Gasteiger partial charge in [0.15, 0.2) is 0 Å². The zero-order valence-corrected chi connectivity index (χ0v) is 15.9. The second kappa shape index (κ2) is 7.19. The molecule has 0 aromatic carbocycles. The maximum Gasteiger partial charge on any atom is 0.272 e. The van der Waals surface area contributed by atoms with Gasteiger partial charge in [0.1, 0.15) is 11.5 Å². The highest BCUT2D eigenvalue weighted by Crippen LogP contribution is 2.23. The van der Waals surface area contributed by atoms with Crippen LogP contribution in [0.1, 0.15) is 42.7 Å². The topological polar surface area (TPSA) is 80.0 Å². The van der Waals surface area contributed by atoms with Crippen molar-refractivity contribution in [1.29, 1.82) is 0 Å². The molecule has 3 heterocycles. The Balaban J connectivity index is 1.88. The molecule has 1 unspecified atom stereocenters. The van der Waals surface area contributed by atoms with Gasteiger partial charge < -0.3 is 9.32 Å². The van der Waals surface area contributed by atoms with E-state index in [-0.39, 0.29) is 11.9 Å². The maximum absolute atomic E-state index is 13.1. The van der Waals surface area contributed by atoms with Gasteiger partial charge in [0.05, 0.1) is 24.7 Å². The summed E-state index contributed by atoms with van der Waals surface area (Å²) >= 11 is 0. The van der Waals surface area contributed by atoms with Crippen LogP contribution in [-0.2, 0) is 13.6 Å². The number of furan rings is 1. The number of aryl methyl sites for hydroxylation is 1. The van der Waals surface area contributed by atoms with Gasteiger partial charge in [-0.1, -0.05) is 13.8 Å². The van der Waals surface area contributed by atoms with E-state index in [1.807, 2.05) is 37.9 Å². The Kier molecular flexibility index (Phi) is 4.97. The van der Waals surface area contributed by atoms with E-state index in [1.165, 1.54) is 0 Å². The van der Waals surface area contributed by atoms with Crippen LogP contribution >= 0.6 is 0 Å². The zero-order chi connectivity index (χ0) is 18.8. The first-order chi connectivity index (χ1) is 12.4. The Morgan fingerprint density at radius 3 is 2.73 bits per heavy atom. The van der Waals surface area contributed by atoms with Crippen molar-refractivity contribution in [2.75, 3.05) is 0 Å². The fraction of sp³-hybridized carbons (Fsp3) is 0.421. The molecule has 3 rings (SSSR count). The average Bonchev–Trinajstić information content (AvgIpc) is 3.34. The van der Waals surface area contributed by atoms with Gasteiger partial charge in [0, 0.05) is 24.3 Å². The van der Waals surface area contributed by atoms with Gasteiger partial charge in [-0.05, 0) is 38.0 Å². The summed E-state index contributed by atoms with van der Waals surface area (Å²) in [5.74, 6) is 0.980. The lowest BCUT2D eigenvalue weighted by Crippen LogP contribution is -2.41. The molecule has 0 aliphatic rings. The highest BCUT2D eigenvalue weighted by Gasteiger charge is 2.26. The highest BCUT2D eigenvalue weighted by molar-refractivity contribution is 5.93. The number of amides is 1. The largest absolute Gasteiger partial charge is 0.467 e. The van der Waals surface area contributed by atoms with Gasteiger partial charge in [-0.15, -0.1) is 0 Å². The van der Waals surface area contributed by atoms with E-state index in [2.05, 4.69) is 29.1 Å². The molecule has 0 saturated heterocycles. The lowest BCUT2D eigenvalue weighted by atomic mass is 10.0. The van der Waals surface area contributed by atoms with Gasteiger partial charge in [-0.2, -0.15) is 10.2 Å². The van der Waals surface area contributed by atoms with Crippen molar-refractivity contribution < 1.29 is 9.21 Å². The third kappa shape index (κ3) is 3.42. The van der Waals surface area contributed by atoms with Crippen LogP contribution in [0, 0.1) is 12.8 Å². The second-order valence-corrected chi connectivity index (χ2v) is 6.93. The average molecular weight is 355 g/mol. The standard InChI is InChI=1S/C19H25N5O2/c1-12(2)13(3)24(11-15-7-6-8-26-15)19(25)18-9-17(21-22-18)16-10-20-23(5)14(16)4/h6-10,12-13H,11H2,1-5H3,(H,21,22). The lowest BCUT2D eigenvalue weighted by molar-refractivity contribution is 0.0605. The number of nitrogens with one attached hydrogen (secondary N) is 1. The quantitative estimate of drug-likeness (QED) is 0.735. The minimum Gasteiger partial charge on any atom is -0.467 e. The molecule has 1 atom stereocenters. The smallest absolute Gasteiger partial charge is 0.272 e. The number of hydrogen-bond donors (Lipinski definition) is 1. The predicted octanol–water partition coefficient (Wildman–Crippen LogP) is 3.40. The molecule has 0 aliphatic heterocycles. The van der Waals surface area contributed by atoms with Crippen LogP contribution in [0.3, 0.4) is 0 Å². The maximum atomic E-state index is 13.1. The number of aromatic amines is 1. The summed E-state index contributed by atoms with van der Waals surface area (Å²) in [6.45, 7) is 8.65. The van der Waals surface area contributed by atoms with Crippen LogP contribution < -0.4 is 0 Å². The van der Waals surface area contributed by atoms with Crippen LogP contribution in [0.2, 0.25) is 0 Å². The Labute approximate surface area is 153 Å². The summed E-state index contributed by atoms with van der Waals surface area (Å²) in [5.41, 5.74) is 3.09. The minimum absolute atomic E-state index is 0.0551. The minimum atomic E-state index is -0.0945. The third-order valence-electron chi connectivity index (χ3n) is 4.94. The van der Waals surface area contributed by atoms with E-state index in [1.54, 1.807) is 23.2 Å². The zero-order valence-electron chi connectivity index (χ0n) is 15.9. The Morgan fingerprint density at radius 1 is 1.38 bits per heavy atom. The molecule has 0 aliphatic carbocycles. The van der Waals surface area contributed by atoms with Crippen LogP contribution in [0.25, 0.3) is 11.3 Å². The predicted molar refractivity (Wildman–Crippen MR) is 98.4 cm³/mol. The normalized spacial score (nSPS) is 12.5. The molecular weight excluding hydrogens is 330 g/mol. The van der Waals surface area contributed by atoms with Crippen LogP contribution in [0.5, 0.6) is 0 Å². The van der Waals surface area contributed by atoms with E-state index in [0.717, 1.165) is 17.0 Å². The fourth-order valence-electron chi connectivity index (χ4n) is 2.81. The first kappa shape index (κ1) is 18.0. The number of carbonyl (C=O) groups excluding carboxylic acids is 1. The van der Waals surface area contributed by atoms with Crippen molar-refractivity contribution >= 4 is 5.91 Å². The Hall–Kier alpha value is -2.83. The summed E-state index contributed by atoms with van der Waals surface area (Å²) in [6, 6.07) is 5.55. The molecule has 0 radical (unpaired) electrons. The molecular formula is C19H25N5O2. The molecule has 138 valence electrons. The van der Waals surface area contributed by atoms with Crippen molar-refractivity contribution in [3.8, 4) is 11.3 Å². The molecule has 3 aromatic rings. The van der Waals surface area contributed by atoms with Crippen LogP contribution in [0.15, 0.2) is 35.1 Å². The van der Waals surface area contributed by atoms with Crippen molar-refractivity contribution in [3.05, 3.63) is 47.8 Å². The Bertz CT molecular complexity index is 876. The number of carbonyl (C=O) groups is 1. The van der Waals surface area contributed by atoms with E-state index >= 15 is 0 Å². The number of hydrogen-bond acceptors (Lipinski definition) is 4. The van der Waals surface area contributed by atoms with Gasteiger partial charge in [-0.25, -0.2) is 0 Å². The SMILES string of the molecule is Cc1c(-c2cc(C(=O)N(Cc3ccco3)C(C)C(C)C)[nH]n2)cnn1C. The van der Waals surface area contributed by atoms with E-state index < -0.39 is 0 Å². The number of nitrogens with zero attached hydrogens (tertiary/aromatic N) is 4. The van der Waals surface area contributed by atoms with Gasteiger partial charge in [0.2, 0.25) is 0 Å². The molecule has 7 heteroatoms. The van der Waals surface area contributed by atoms with Crippen molar-refractivity contribution in [3.63, 3.8) is 0 Å². The molecule has 0 spiro atoms. The summed E-state index contributed by atoms with van der Waals surface area (Å²) in [6.07, 6.45) is 3.38. The van der Waals surface area contributed by atoms with E-state index in [4.69, 9.17) is 4.42 Å². The first-order valence-electron chi connectivity index (χ1n) is 8.76. The monoisotopic (exact) mass is 355 g/mol. The number of H-pyrrole nitrogens is 1. The molecule has 1 amide bonds. The summed E-state index contributed by atoms with van der Waals surface area (Å²) < 4.78 is 7.23. The van der Waals surface area contributed by atoms with E-state index in [0.29, 0.717) is 23.9 Å². The Morgan fingerprint density at radius 2 is 2.15 bits per heavy atom. The molecule has 0 fully saturated rings. The third-order valence-corrected chi connectivity index (χ3v) is 4.94.